The van der Waals surface area contributed by atoms with Crippen LogP contribution in [0.3, 0.4) is 0 Å². The van der Waals surface area contributed by atoms with Crippen LogP contribution >= 0.6 is 11.8 Å². The standard InChI is InChI=1S/C12H18N2O3S/c1-5-7-6-18-11-9(13(2)3)10(15)14(11)8(7)12(16)17-4/h9,11H,5-6H2,1-4H3. The van der Waals surface area contributed by atoms with Gasteiger partial charge in [0.05, 0.1) is 7.11 Å². The lowest BCUT2D eigenvalue weighted by atomic mass is 10.0. The fraction of sp³-hybridized carbons (Fsp3) is 0.667. The first kappa shape index (κ1) is 13.4. The van der Waals surface area contributed by atoms with Gasteiger partial charge in [0.15, 0.2) is 0 Å². The molecule has 2 rings (SSSR count). The maximum absolute atomic E-state index is 12.2. The smallest absolute Gasteiger partial charge is 0.354 e. The number of ether oxygens (including phenoxy) is 1. The Morgan fingerprint density at radius 1 is 1.56 bits per heavy atom. The van der Waals surface area contributed by atoms with Gasteiger partial charge in [-0.2, -0.15) is 0 Å². The van der Waals surface area contributed by atoms with Crippen molar-refractivity contribution in [2.45, 2.75) is 24.8 Å². The molecule has 0 saturated carbocycles. The highest BCUT2D eigenvalue weighted by Crippen LogP contribution is 2.42. The Balaban J connectivity index is 2.33. The van der Waals surface area contributed by atoms with Crippen molar-refractivity contribution in [1.29, 1.82) is 0 Å². The zero-order valence-electron chi connectivity index (χ0n) is 11.1. The summed E-state index contributed by atoms with van der Waals surface area (Å²) in [5.41, 5.74) is 1.46. The number of rotatable bonds is 3. The summed E-state index contributed by atoms with van der Waals surface area (Å²) in [4.78, 5) is 27.5. The fourth-order valence-electron chi connectivity index (χ4n) is 2.36. The number of amides is 1. The van der Waals surface area contributed by atoms with Crippen molar-refractivity contribution in [2.24, 2.45) is 0 Å². The lowest BCUT2D eigenvalue weighted by Crippen LogP contribution is -2.69. The Kier molecular flexibility index (Phi) is 3.68. The number of hydrogen-bond donors (Lipinski definition) is 0. The molecule has 0 aromatic carbocycles. The minimum Gasteiger partial charge on any atom is -0.464 e. The highest BCUT2D eigenvalue weighted by atomic mass is 32.2. The molecular formula is C12H18N2O3S. The number of thioether (sulfide) groups is 1. The zero-order chi connectivity index (χ0) is 13.4. The van der Waals surface area contributed by atoms with Crippen molar-refractivity contribution >= 4 is 23.6 Å². The molecule has 0 bridgehead atoms. The number of carbonyl (C=O) groups is 2. The molecule has 0 aromatic heterocycles. The molecule has 1 saturated heterocycles. The summed E-state index contributed by atoms with van der Waals surface area (Å²) in [6.45, 7) is 1.99. The number of hydrogen-bond acceptors (Lipinski definition) is 5. The molecule has 18 heavy (non-hydrogen) atoms. The molecular weight excluding hydrogens is 252 g/mol. The summed E-state index contributed by atoms with van der Waals surface area (Å²) < 4.78 is 4.80. The topological polar surface area (TPSA) is 49.9 Å². The van der Waals surface area contributed by atoms with Gasteiger partial charge in [0.1, 0.15) is 17.1 Å². The van der Waals surface area contributed by atoms with Crippen LogP contribution < -0.4 is 0 Å². The van der Waals surface area contributed by atoms with E-state index < -0.39 is 5.97 Å². The van der Waals surface area contributed by atoms with E-state index in [2.05, 4.69) is 0 Å². The van der Waals surface area contributed by atoms with E-state index in [-0.39, 0.29) is 17.3 Å². The molecule has 0 N–H and O–H groups in total. The van der Waals surface area contributed by atoms with Gasteiger partial charge in [0.25, 0.3) is 0 Å². The van der Waals surface area contributed by atoms with Gasteiger partial charge in [0.2, 0.25) is 5.91 Å². The Bertz CT molecular complexity index is 420. The summed E-state index contributed by atoms with van der Waals surface area (Å²) in [6, 6.07) is -0.131. The molecule has 0 radical (unpaired) electrons. The number of likely N-dealkylation sites (N-methyl/N-ethyl adjacent to an activating group) is 1. The van der Waals surface area contributed by atoms with Gasteiger partial charge in [0, 0.05) is 5.75 Å². The van der Waals surface area contributed by atoms with Crippen LogP contribution in [-0.2, 0) is 14.3 Å². The second-order valence-corrected chi connectivity index (χ2v) is 5.72. The monoisotopic (exact) mass is 270 g/mol. The van der Waals surface area contributed by atoms with Gasteiger partial charge in [-0.1, -0.05) is 6.92 Å². The number of carbonyl (C=O) groups excluding carboxylic acids is 2. The van der Waals surface area contributed by atoms with Crippen LogP contribution in [-0.4, -0.2) is 60.1 Å². The average Bonchev–Trinajstić information content (AvgIpc) is 2.35. The first-order chi connectivity index (χ1) is 8.52. The Hall–Kier alpha value is -1.01. The number of fused-ring (bicyclic) bond motifs is 1. The highest BCUT2D eigenvalue weighted by Gasteiger charge is 2.54. The second kappa shape index (κ2) is 4.93. The number of esters is 1. The zero-order valence-corrected chi connectivity index (χ0v) is 11.9. The predicted molar refractivity (Wildman–Crippen MR) is 69.9 cm³/mol. The van der Waals surface area contributed by atoms with Gasteiger partial charge in [-0.05, 0) is 26.1 Å². The maximum Gasteiger partial charge on any atom is 0.354 e. The molecule has 2 heterocycles. The lowest BCUT2D eigenvalue weighted by molar-refractivity contribution is -0.154. The van der Waals surface area contributed by atoms with Gasteiger partial charge in [-0.25, -0.2) is 4.79 Å². The highest BCUT2D eigenvalue weighted by molar-refractivity contribution is 8.00. The predicted octanol–water partition coefficient (Wildman–Crippen LogP) is 0.669. The second-order valence-electron chi connectivity index (χ2n) is 4.62. The van der Waals surface area contributed by atoms with Crippen molar-refractivity contribution in [3.05, 3.63) is 11.3 Å². The minimum absolute atomic E-state index is 0.0106. The molecule has 2 aliphatic heterocycles. The molecule has 1 fully saturated rings. The van der Waals surface area contributed by atoms with E-state index in [0.29, 0.717) is 5.70 Å². The Labute approximate surface area is 111 Å². The van der Waals surface area contributed by atoms with Crippen LogP contribution in [0, 0.1) is 0 Å². The summed E-state index contributed by atoms with van der Waals surface area (Å²) >= 11 is 1.72. The molecule has 100 valence electrons. The van der Waals surface area contributed by atoms with Gasteiger partial charge in [-0.15, -0.1) is 11.8 Å². The molecule has 2 atom stereocenters. The summed E-state index contributed by atoms with van der Waals surface area (Å²) in [6.07, 6.45) is 0.764. The normalized spacial score (nSPS) is 27.2. The van der Waals surface area contributed by atoms with Crippen LogP contribution in [0.5, 0.6) is 0 Å². The minimum atomic E-state index is -0.400. The summed E-state index contributed by atoms with van der Waals surface area (Å²) in [7, 11) is 5.13. The van der Waals surface area contributed by atoms with E-state index in [0.717, 1.165) is 17.7 Å². The van der Waals surface area contributed by atoms with Crippen LogP contribution in [0.15, 0.2) is 11.3 Å². The van der Waals surface area contributed by atoms with E-state index in [1.54, 1.807) is 16.7 Å². The van der Waals surface area contributed by atoms with Crippen LogP contribution in [0.1, 0.15) is 13.3 Å². The molecule has 1 amide bonds. The molecule has 0 aliphatic carbocycles. The average molecular weight is 270 g/mol. The van der Waals surface area contributed by atoms with Crippen molar-refractivity contribution in [3.8, 4) is 0 Å². The molecule has 5 nitrogen and oxygen atoms in total. The number of β-lactam (4-membered cyclic amide) rings is 1. The van der Waals surface area contributed by atoms with E-state index in [1.165, 1.54) is 7.11 Å². The third kappa shape index (κ3) is 1.83. The van der Waals surface area contributed by atoms with Crippen molar-refractivity contribution < 1.29 is 14.3 Å². The first-order valence-electron chi connectivity index (χ1n) is 5.94. The van der Waals surface area contributed by atoms with E-state index >= 15 is 0 Å². The largest absolute Gasteiger partial charge is 0.464 e. The number of nitrogens with zero attached hydrogens (tertiary/aromatic N) is 2. The van der Waals surface area contributed by atoms with Gasteiger partial charge < -0.3 is 4.74 Å². The third-order valence-electron chi connectivity index (χ3n) is 3.38. The Morgan fingerprint density at radius 2 is 2.22 bits per heavy atom. The summed E-state index contributed by atoms with van der Waals surface area (Å²) in [5.74, 6) is 0.381. The maximum atomic E-state index is 12.2. The van der Waals surface area contributed by atoms with E-state index in [4.69, 9.17) is 4.74 Å². The van der Waals surface area contributed by atoms with Crippen LogP contribution in [0.2, 0.25) is 0 Å². The molecule has 2 aliphatic rings. The molecule has 0 spiro atoms. The summed E-state index contributed by atoms with van der Waals surface area (Å²) in [5, 5.41) is 0.0388. The molecule has 6 heteroatoms. The van der Waals surface area contributed by atoms with Gasteiger partial charge >= 0.3 is 5.97 Å². The van der Waals surface area contributed by atoms with Crippen molar-refractivity contribution in [1.82, 2.24) is 9.80 Å². The van der Waals surface area contributed by atoms with Crippen LogP contribution in [0.4, 0.5) is 0 Å². The molecule has 0 aromatic rings. The quantitative estimate of drug-likeness (QED) is 0.557. The molecule has 2 unspecified atom stereocenters. The Morgan fingerprint density at radius 3 is 2.72 bits per heavy atom. The third-order valence-corrected chi connectivity index (χ3v) is 4.71. The van der Waals surface area contributed by atoms with Crippen LogP contribution in [0.25, 0.3) is 0 Å². The van der Waals surface area contributed by atoms with Gasteiger partial charge in [-0.3, -0.25) is 14.6 Å². The lowest BCUT2D eigenvalue weighted by Gasteiger charge is -2.51. The van der Waals surface area contributed by atoms with Crippen molar-refractivity contribution in [3.63, 3.8) is 0 Å². The van der Waals surface area contributed by atoms with E-state index in [9.17, 15) is 9.59 Å². The number of methoxy groups -OCH3 is 1. The SMILES string of the molecule is CCC1=C(C(=O)OC)N2C(=O)C(N(C)C)C2SC1. The first-order valence-corrected chi connectivity index (χ1v) is 6.99. The fourth-order valence-corrected chi connectivity index (χ4v) is 3.97. The van der Waals surface area contributed by atoms with Crippen molar-refractivity contribution in [2.75, 3.05) is 27.0 Å². The van der Waals surface area contributed by atoms with E-state index in [1.807, 2.05) is 25.9 Å².